The molecule has 30 heavy (non-hydrogen) atoms. The topological polar surface area (TPSA) is 107 Å². The minimum absolute atomic E-state index is 0.0839. The molecule has 1 N–H and O–H groups in total. The molecule has 0 aliphatic heterocycles. The fourth-order valence-electron chi connectivity index (χ4n) is 2.56. The molecule has 0 radical (unpaired) electrons. The number of pyridine rings is 1. The van der Waals surface area contributed by atoms with Crippen LogP contribution in [-0.2, 0) is 16.2 Å². The molecule has 0 aliphatic carbocycles. The second-order valence-electron chi connectivity index (χ2n) is 6.00. The summed E-state index contributed by atoms with van der Waals surface area (Å²) in [6.45, 7) is 0. The predicted molar refractivity (Wildman–Crippen MR) is 98.4 cm³/mol. The Hall–Kier alpha value is -3.67. The Labute approximate surface area is 167 Å². The van der Waals surface area contributed by atoms with Gasteiger partial charge in [0.25, 0.3) is 10.0 Å². The van der Waals surface area contributed by atoms with Gasteiger partial charge in [0.1, 0.15) is 16.2 Å². The third-order valence-electron chi connectivity index (χ3n) is 3.93. The van der Waals surface area contributed by atoms with Crippen molar-refractivity contribution >= 4 is 26.7 Å². The van der Waals surface area contributed by atoms with Crippen molar-refractivity contribution in [1.82, 2.24) is 15.3 Å². The van der Waals surface area contributed by atoms with Crippen LogP contribution in [0.25, 0.3) is 11.0 Å². The van der Waals surface area contributed by atoms with Crippen LogP contribution in [0.15, 0.2) is 70.3 Å². The maximum Gasteiger partial charge on any atom is 0.416 e. The normalized spacial score (nSPS) is 12.1. The molecule has 0 saturated carbocycles. The Bertz CT molecular complexity index is 1310. The smallest absolute Gasteiger partial charge is 0.416 e. The average molecular weight is 436 g/mol. The van der Waals surface area contributed by atoms with E-state index >= 15 is 0 Å². The minimum Gasteiger partial charge on any atom is -0.439 e. The second kappa shape index (κ2) is 7.30. The quantitative estimate of drug-likeness (QED) is 0.499. The van der Waals surface area contributed by atoms with Crippen LogP contribution in [0.4, 0.5) is 18.9 Å². The van der Waals surface area contributed by atoms with Gasteiger partial charge in [0, 0.05) is 18.0 Å². The molecule has 4 rings (SSSR count). The lowest BCUT2D eigenvalue weighted by Gasteiger charge is -2.10. The Morgan fingerprint density at radius 3 is 2.50 bits per heavy atom. The van der Waals surface area contributed by atoms with Crippen molar-refractivity contribution < 1.29 is 31.0 Å². The first-order chi connectivity index (χ1) is 14.2. The lowest BCUT2D eigenvalue weighted by atomic mass is 10.2. The molecule has 2 aromatic heterocycles. The number of alkyl halides is 3. The summed E-state index contributed by atoms with van der Waals surface area (Å²) in [4.78, 5) is 3.62. The summed E-state index contributed by atoms with van der Waals surface area (Å²) in [5.41, 5.74) is -0.322. The number of nitrogens with zero attached hydrogens (tertiary/aromatic N) is 3. The first kappa shape index (κ1) is 19.6. The van der Waals surface area contributed by atoms with E-state index in [0.717, 1.165) is 18.3 Å². The van der Waals surface area contributed by atoms with Crippen molar-refractivity contribution in [2.24, 2.45) is 0 Å². The Morgan fingerprint density at radius 2 is 1.77 bits per heavy atom. The predicted octanol–water partition coefficient (Wildman–Crippen LogP) is 4.23. The number of anilines is 1. The molecule has 0 unspecified atom stereocenters. The van der Waals surface area contributed by atoms with Crippen LogP contribution in [0.5, 0.6) is 11.6 Å². The van der Waals surface area contributed by atoms with E-state index < -0.39 is 21.8 Å². The van der Waals surface area contributed by atoms with Gasteiger partial charge in [0.05, 0.1) is 5.56 Å². The van der Waals surface area contributed by atoms with Gasteiger partial charge in [-0.05, 0) is 52.8 Å². The van der Waals surface area contributed by atoms with Gasteiger partial charge >= 0.3 is 6.18 Å². The first-order valence-electron chi connectivity index (χ1n) is 8.28. The fraction of sp³-hybridized carbons (Fsp3) is 0.0556. The zero-order chi connectivity index (χ0) is 21.4. The van der Waals surface area contributed by atoms with Crippen molar-refractivity contribution in [3.05, 3.63) is 66.4 Å². The first-order valence-corrected chi connectivity index (χ1v) is 9.76. The Morgan fingerprint density at radius 1 is 1.00 bits per heavy atom. The summed E-state index contributed by atoms with van der Waals surface area (Å²) in [6.07, 6.45) is -3.54. The molecule has 0 fully saturated rings. The molecule has 0 saturated heterocycles. The molecule has 8 nitrogen and oxygen atoms in total. The van der Waals surface area contributed by atoms with Crippen LogP contribution in [0.1, 0.15) is 5.56 Å². The molecule has 0 aliphatic rings. The number of sulfonamides is 1. The van der Waals surface area contributed by atoms with Gasteiger partial charge in [-0.25, -0.2) is 18.0 Å². The number of nitrogens with one attached hydrogen (secondary N) is 1. The van der Waals surface area contributed by atoms with E-state index in [1.165, 1.54) is 36.4 Å². The van der Waals surface area contributed by atoms with E-state index in [2.05, 4.69) is 24.6 Å². The lowest BCUT2D eigenvalue weighted by molar-refractivity contribution is -0.137. The number of ether oxygens (including phenoxy) is 1. The number of hydrogen-bond donors (Lipinski definition) is 1. The van der Waals surface area contributed by atoms with Crippen LogP contribution in [-0.4, -0.2) is 23.7 Å². The third-order valence-corrected chi connectivity index (χ3v) is 5.34. The van der Waals surface area contributed by atoms with Crippen LogP contribution < -0.4 is 9.46 Å². The summed E-state index contributed by atoms with van der Waals surface area (Å²) < 4.78 is 75.9. The molecule has 2 aromatic carbocycles. The number of halogens is 3. The Kier molecular flexibility index (Phi) is 4.78. The van der Waals surface area contributed by atoms with Gasteiger partial charge in [-0.15, -0.1) is 0 Å². The molecule has 154 valence electrons. The molecule has 0 spiro atoms. The van der Waals surface area contributed by atoms with E-state index in [-0.39, 0.29) is 33.2 Å². The maximum atomic E-state index is 12.8. The molecular weight excluding hydrogens is 425 g/mol. The molecule has 2 heterocycles. The van der Waals surface area contributed by atoms with Crippen LogP contribution in [0.2, 0.25) is 0 Å². The summed E-state index contributed by atoms with van der Waals surface area (Å²) >= 11 is 0. The zero-order valence-electron chi connectivity index (χ0n) is 14.8. The largest absolute Gasteiger partial charge is 0.439 e. The molecular formula is C18H11F3N4O4S. The Balaban J connectivity index is 1.52. The van der Waals surface area contributed by atoms with E-state index in [4.69, 9.17) is 4.74 Å². The van der Waals surface area contributed by atoms with Crippen molar-refractivity contribution in [2.75, 3.05) is 4.72 Å². The molecule has 0 bridgehead atoms. The highest BCUT2D eigenvalue weighted by Gasteiger charge is 2.31. The summed E-state index contributed by atoms with van der Waals surface area (Å²) in [5, 5.41) is 7.20. The number of hydrogen-bond acceptors (Lipinski definition) is 7. The van der Waals surface area contributed by atoms with Gasteiger partial charge in [0.15, 0.2) is 5.52 Å². The maximum absolute atomic E-state index is 12.8. The van der Waals surface area contributed by atoms with Gasteiger partial charge in [-0.2, -0.15) is 13.2 Å². The number of rotatable bonds is 5. The van der Waals surface area contributed by atoms with Gasteiger partial charge in [-0.3, -0.25) is 4.72 Å². The monoisotopic (exact) mass is 436 g/mol. The highest BCUT2D eigenvalue weighted by molar-refractivity contribution is 7.93. The van der Waals surface area contributed by atoms with Crippen LogP contribution >= 0.6 is 0 Å². The van der Waals surface area contributed by atoms with Crippen LogP contribution in [0.3, 0.4) is 0 Å². The van der Waals surface area contributed by atoms with Crippen molar-refractivity contribution in [1.29, 1.82) is 0 Å². The zero-order valence-corrected chi connectivity index (χ0v) is 15.6. The second-order valence-corrected chi connectivity index (χ2v) is 7.65. The lowest BCUT2D eigenvalue weighted by Crippen LogP contribution is -2.13. The van der Waals surface area contributed by atoms with Gasteiger partial charge in [-0.1, -0.05) is 6.07 Å². The SMILES string of the molecule is O=S(=O)(Nc1ccc(Oc2cc(C(F)(F)F)ccn2)cc1)c1cccc2nonc12. The summed E-state index contributed by atoms with van der Waals surface area (Å²) in [6, 6.07) is 11.6. The van der Waals surface area contributed by atoms with Crippen molar-refractivity contribution in [3.8, 4) is 11.6 Å². The van der Waals surface area contributed by atoms with E-state index in [9.17, 15) is 21.6 Å². The highest BCUT2D eigenvalue weighted by atomic mass is 32.2. The highest BCUT2D eigenvalue weighted by Crippen LogP contribution is 2.32. The third kappa shape index (κ3) is 4.03. The number of benzene rings is 2. The molecule has 0 amide bonds. The van der Waals surface area contributed by atoms with E-state index in [0.29, 0.717) is 0 Å². The fourth-order valence-corrected chi connectivity index (χ4v) is 3.77. The van der Waals surface area contributed by atoms with Gasteiger partial charge in [0.2, 0.25) is 5.88 Å². The molecule has 0 atom stereocenters. The van der Waals surface area contributed by atoms with Gasteiger partial charge < -0.3 is 4.74 Å². The standard InChI is InChI=1S/C18H11F3N4O4S/c19-18(20,21)11-8-9-22-16(10-11)28-13-6-4-12(5-7-13)25-30(26,27)15-3-1-2-14-17(15)24-29-23-14/h1-10,25H. The van der Waals surface area contributed by atoms with Crippen LogP contribution in [0, 0.1) is 0 Å². The van der Waals surface area contributed by atoms with E-state index in [1.54, 1.807) is 6.07 Å². The number of aromatic nitrogens is 3. The number of fused-ring (bicyclic) bond motifs is 1. The summed E-state index contributed by atoms with van der Waals surface area (Å²) in [7, 11) is -3.99. The minimum atomic E-state index is -4.52. The van der Waals surface area contributed by atoms with E-state index in [1.807, 2.05) is 0 Å². The average Bonchev–Trinajstić information content (AvgIpc) is 3.17. The molecule has 12 heteroatoms. The van der Waals surface area contributed by atoms with Crippen molar-refractivity contribution in [3.63, 3.8) is 0 Å². The summed E-state index contributed by atoms with van der Waals surface area (Å²) in [5.74, 6) is -0.0732. The molecule has 4 aromatic rings. The van der Waals surface area contributed by atoms with Crippen molar-refractivity contribution in [2.45, 2.75) is 11.1 Å².